The van der Waals surface area contributed by atoms with Crippen molar-refractivity contribution in [3.05, 3.63) is 82.2 Å². The van der Waals surface area contributed by atoms with Crippen LogP contribution in [0.1, 0.15) is 43.1 Å². The van der Waals surface area contributed by atoms with Gasteiger partial charge in [0.05, 0.1) is 12.5 Å². The maximum Gasteiger partial charge on any atom is 0.357 e. The van der Waals surface area contributed by atoms with Gasteiger partial charge < -0.3 is 4.74 Å². The Morgan fingerprint density at radius 2 is 1.71 bits per heavy atom. The Hall–Kier alpha value is -3.28. The van der Waals surface area contributed by atoms with Gasteiger partial charge in [-0.1, -0.05) is 0 Å². The minimum atomic E-state index is -0.673. The highest BCUT2D eigenvalue weighted by molar-refractivity contribution is 6.00. The number of ether oxygens (including phenoxy) is 1. The molecule has 0 unspecified atom stereocenters. The lowest BCUT2D eigenvalue weighted by atomic mass is 9.93. The molecule has 0 amide bonds. The summed E-state index contributed by atoms with van der Waals surface area (Å²) in [4.78, 5) is 29.0. The standard InChI is InChI=1S/C22H21FN2O3/c1-13-9-19(16(4)15(3)14(13)2)21(26)11-28-22(27)20-10-24-12-25(20)18-7-5-17(23)6-8-18/h5-10,12H,11H2,1-4H3. The van der Waals surface area contributed by atoms with Crippen LogP contribution in [0.3, 0.4) is 0 Å². The SMILES string of the molecule is Cc1cc(C(=O)COC(=O)c2cncn2-c2ccc(F)cc2)c(C)c(C)c1C. The van der Waals surface area contributed by atoms with Gasteiger partial charge in [-0.05, 0) is 80.3 Å². The van der Waals surface area contributed by atoms with Crippen molar-refractivity contribution in [2.75, 3.05) is 6.61 Å². The highest BCUT2D eigenvalue weighted by Crippen LogP contribution is 2.22. The van der Waals surface area contributed by atoms with Crippen LogP contribution in [0.5, 0.6) is 0 Å². The molecule has 2 aromatic carbocycles. The average Bonchev–Trinajstić information content (AvgIpc) is 3.17. The predicted molar refractivity (Wildman–Crippen MR) is 104 cm³/mol. The van der Waals surface area contributed by atoms with Crippen LogP contribution in [0.25, 0.3) is 5.69 Å². The van der Waals surface area contributed by atoms with Crippen LogP contribution in [-0.4, -0.2) is 27.9 Å². The molecule has 0 saturated carbocycles. The first kappa shape index (κ1) is 19.5. The fraction of sp³-hybridized carbons (Fsp3) is 0.227. The second kappa shape index (κ2) is 7.76. The third-order valence-electron chi connectivity index (χ3n) is 5.07. The molecule has 3 rings (SSSR count). The zero-order valence-electron chi connectivity index (χ0n) is 16.2. The molecule has 0 fully saturated rings. The van der Waals surface area contributed by atoms with Gasteiger partial charge in [0.1, 0.15) is 5.82 Å². The summed E-state index contributed by atoms with van der Waals surface area (Å²) < 4.78 is 19.8. The van der Waals surface area contributed by atoms with Gasteiger partial charge in [0.2, 0.25) is 5.78 Å². The summed E-state index contributed by atoms with van der Waals surface area (Å²) in [6, 6.07) is 7.47. The Kier molecular flexibility index (Phi) is 5.40. The van der Waals surface area contributed by atoms with Crippen molar-refractivity contribution in [3.8, 4) is 5.69 Å². The minimum Gasteiger partial charge on any atom is -0.453 e. The topological polar surface area (TPSA) is 61.2 Å². The molecule has 28 heavy (non-hydrogen) atoms. The van der Waals surface area contributed by atoms with E-state index in [1.165, 1.54) is 41.4 Å². The Balaban J connectivity index is 1.76. The van der Waals surface area contributed by atoms with Crippen LogP contribution >= 0.6 is 0 Å². The molecule has 0 aliphatic rings. The van der Waals surface area contributed by atoms with E-state index in [0.29, 0.717) is 11.3 Å². The summed E-state index contributed by atoms with van der Waals surface area (Å²) in [6.45, 7) is 7.46. The van der Waals surface area contributed by atoms with Gasteiger partial charge in [0, 0.05) is 11.3 Å². The molecule has 1 heterocycles. The second-order valence-electron chi connectivity index (χ2n) is 6.74. The zero-order valence-corrected chi connectivity index (χ0v) is 16.2. The fourth-order valence-corrected chi connectivity index (χ4v) is 3.04. The maximum atomic E-state index is 13.1. The number of aryl methyl sites for hydroxylation is 1. The molecule has 3 aromatic rings. The summed E-state index contributed by atoms with van der Waals surface area (Å²) >= 11 is 0. The first-order valence-electron chi connectivity index (χ1n) is 8.85. The number of carbonyl (C=O) groups excluding carboxylic acids is 2. The molecule has 0 radical (unpaired) electrons. The number of imidazole rings is 1. The molecule has 144 valence electrons. The number of hydrogen-bond acceptors (Lipinski definition) is 4. The molecule has 0 spiro atoms. The van der Waals surface area contributed by atoms with Crippen LogP contribution in [0.2, 0.25) is 0 Å². The van der Waals surface area contributed by atoms with Gasteiger partial charge >= 0.3 is 5.97 Å². The zero-order chi connectivity index (χ0) is 20.4. The number of hydrogen-bond donors (Lipinski definition) is 0. The Morgan fingerprint density at radius 3 is 2.39 bits per heavy atom. The van der Waals surface area contributed by atoms with Crippen molar-refractivity contribution >= 4 is 11.8 Å². The van der Waals surface area contributed by atoms with Gasteiger partial charge in [0.15, 0.2) is 12.3 Å². The van der Waals surface area contributed by atoms with Crippen LogP contribution in [-0.2, 0) is 4.74 Å². The molecule has 0 N–H and O–H groups in total. The van der Waals surface area contributed by atoms with Crippen LogP contribution in [0, 0.1) is 33.5 Å². The molecule has 0 bridgehead atoms. The summed E-state index contributed by atoms with van der Waals surface area (Å²) in [7, 11) is 0. The monoisotopic (exact) mass is 380 g/mol. The van der Waals surface area contributed by atoms with Crippen LogP contribution in [0.15, 0.2) is 42.9 Å². The lowest BCUT2D eigenvalue weighted by Gasteiger charge is -2.14. The summed E-state index contributed by atoms with van der Waals surface area (Å²) in [6.07, 6.45) is 2.78. The first-order chi connectivity index (χ1) is 13.3. The fourth-order valence-electron chi connectivity index (χ4n) is 3.04. The van der Waals surface area contributed by atoms with E-state index in [1.807, 2.05) is 33.8 Å². The summed E-state index contributed by atoms with van der Waals surface area (Å²) in [5.74, 6) is -1.31. The van der Waals surface area contributed by atoms with Gasteiger partial charge in [-0.25, -0.2) is 14.2 Å². The van der Waals surface area contributed by atoms with Crippen molar-refractivity contribution in [1.29, 1.82) is 0 Å². The third kappa shape index (κ3) is 3.71. The minimum absolute atomic E-state index is 0.160. The van der Waals surface area contributed by atoms with Crippen molar-refractivity contribution < 1.29 is 18.7 Å². The number of Topliss-reactive ketones (excluding diaryl/α,β-unsaturated/α-hetero) is 1. The molecule has 0 saturated heterocycles. The number of halogens is 1. The smallest absolute Gasteiger partial charge is 0.357 e. The molecule has 0 atom stereocenters. The van der Waals surface area contributed by atoms with E-state index in [-0.39, 0.29) is 23.9 Å². The molecular weight excluding hydrogens is 359 g/mol. The predicted octanol–water partition coefficient (Wildman–Crippen LogP) is 4.28. The third-order valence-corrected chi connectivity index (χ3v) is 5.07. The van der Waals surface area contributed by atoms with Crippen molar-refractivity contribution in [2.24, 2.45) is 0 Å². The van der Waals surface area contributed by atoms with Gasteiger partial charge in [-0.2, -0.15) is 0 Å². The number of carbonyl (C=O) groups is 2. The number of rotatable bonds is 5. The largest absolute Gasteiger partial charge is 0.453 e. The molecule has 0 aliphatic heterocycles. The molecular formula is C22H21FN2O3. The van der Waals surface area contributed by atoms with E-state index in [4.69, 9.17) is 4.74 Å². The molecule has 0 aliphatic carbocycles. The van der Waals surface area contributed by atoms with Crippen molar-refractivity contribution in [1.82, 2.24) is 9.55 Å². The second-order valence-corrected chi connectivity index (χ2v) is 6.74. The number of benzene rings is 2. The average molecular weight is 380 g/mol. The lowest BCUT2D eigenvalue weighted by molar-refractivity contribution is 0.0466. The van der Waals surface area contributed by atoms with Gasteiger partial charge in [-0.3, -0.25) is 9.36 Å². The van der Waals surface area contributed by atoms with Gasteiger partial charge in [0.25, 0.3) is 0 Å². The van der Waals surface area contributed by atoms with E-state index >= 15 is 0 Å². The van der Waals surface area contributed by atoms with Crippen LogP contribution < -0.4 is 0 Å². The first-order valence-corrected chi connectivity index (χ1v) is 8.85. The van der Waals surface area contributed by atoms with E-state index in [1.54, 1.807) is 0 Å². The Labute approximate surface area is 162 Å². The Morgan fingerprint density at radius 1 is 1.04 bits per heavy atom. The maximum absolute atomic E-state index is 13.1. The summed E-state index contributed by atoms with van der Waals surface area (Å²) in [5.41, 5.74) is 5.40. The lowest BCUT2D eigenvalue weighted by Crippen LogP contribution is -2.18. The molecule has 1 aromatic heterocycles. The quantitative estimate of drug-likeness (QED) is 0.489. The van der Waals surface area contributed by atoms with Crippen molar-refractivity contribution in [3.63, 3.8) is 0 Å². The number of aromatic nitrogens is 2. The number of nitrogens with zero attached hydrogens (tertiary/aromatic N) is 2. The normalized spacial score (nSPS) is 10.8. The Bertz CT molecular complexity index is 1050. The van der Waals surface area contributed by atoms with E-state index in [9.17, 15) is 14.0 Å². The van der Waals surface area contributed by atoms with Crippen LogP contribution in [0.4, 0.5) is 4.39 Å². The highest BCUT2D eigenvalue weighted by Gasteiger charge is 2.19. The molecule has 5 nitrogen and oxygen atoms in total. The molecule has 6 heteroatoms. The van der Waals surface area contributed by atoms with E-state index in [2.05, 4.69) is 4.98 Å². The van der Waals surface area contributed by atoms with E-state index in [0.717, 1.165) is 22.3 Å². The number of esters is 1. The summed E-state index contributed by atoms with van der Waals surface area (Å²) in [5, 5.41) is 0. The number of ketones is 1. The van der Waals surface area contributed by atoms with E-state index < -0.39 is 5.97 Å². The highest BCUT2D eigenvalue weighted by atomic mass is 19.1. The van der Waals surface area contributed by atoms with Crippen molar-refractivity contribution in [2.45, 2.75) is 27.7 Å². The van der Waals surface area contributed by atoms with Gasteiger partial charge in [-0.15, -0.1) is 0 Å².